The minimum atomic E-state index is -1.89. The van der Waals surface area contributed by atoms with Gasteiger partial charge in [0.15, 0.2) is 0 Å². The summed E-state index contributed by atoms with van der Waals surface area (Å²) in [7, 11) is 0. The van der Waals surface area contributed by atoms with Gasteiger partial charge in [0.1, 0.15) is 11.7 Å². The summed E-state index contributed by atoms with van der Waals surface area (Å²) < 4.78 is 0. The number of unbranched alkanes of at least 4 members (excludes halogenated alkanes) is 6. The number of hydrogen-bond donors (Lipinski definition) is 4. The van der Waals surface area contributed by atoms with E-state index in [1.54, 1.807) is 12.1 Å². The Labute approximate surface area is 163 Å². The summed E-state index contributed by atoms with van der Waals surface area (Å²) in [6.45, 7) is 3.58. The maximum atomic E-state index is 10.8. The number of aryl methyl sites for hydroxylation is 1. The number of benzene rings is 1. The molecule has 1 rings (SSSR count). The van der Waals surface area contributed by atoms with Crippen molar-refractivity contribution < 1.29 is 25.2 Å². The van der Waals surface area contributed by atoms with Gasteiger partial charge in [0, 0.05) is 6.42 Å². The monoisotopic (exact) mass is 380 g/mol. The first-order valence-electron chi connectivity index (χ1n) is 10.2. The lowest BCUT2D eigenvalue weighted by molar-refractivity contribution is -0.156. The van der Waals surface area contributed by atoms with Crippen LogP contribution in [-0.2, 0) is 11.2 Å². The van der Waals surface area contributed by atoms with Crippen molar-refractivity contribution in [3.63, 3.8) is 0 Å². The van der Waals surface area contributed by atoms with E-state index in [-0.39, 0.29) is 12.8 Å². The van der Waals surface area contributed by atoms with Gasteiger partial charge in [-0.25, -0.2) is 0 Å². The molecule has 4 N–H and O–H groups in total. The van der Waals surface area contributed by atoms with Gasteiger partial charge in [-0.1, -0.05) is 69.7 Å². The normalized spacial score (nSPS) is 15.9. The van der Waals surface area contributed by atoms with Crippen LogP contribution in [0.15, 0.2) is 24.3 Å². The molecule has 154 valence electrons. The largest absolute Gasteiger partial charge is 0.481 e. The number of aliphatic hydroxyl groups is 3. The fourth-order valence-corrected chi connectivity index (χ4v) is 3.32. The van der Waals surface area contributed by atoms with Crippen molar-refractivity contribution in [2.24, 2.45) is 0 Å². The molecule has 0 saturated carbocycles. The highest BCUT2D eigenvalue weighted by Crippen LogP contribution is 2.33. The van der Waals surface area contributed by atoms with Crippen molar-refractivity contribution in [1.29, 1.82) is 0 Å². The molecular formula is C22H36O5. The number of carbonyl (C=O) groups is 1. The lowest BCUT2D eigenvalue weighted by atomic mass is 9.82. The van der Waals surface area contributed by atoms with Crippen LogP contribution < -0.4 is 0 Å². The van der Waals surface area contributed by atoms with Gasteiger partial charge in [-0.2, -0.15) is 0 Å². The smallest absolute Gasteiger partial charge is 0.303 e. The molecular weight excluding hydrogens is 344 g/mol. The number of rotatable bonds is 14. The summed E-state index contributed by atoms with van der Waals surface area (Å²) in [6, 6.07) is 7.34. The van der Waals surface area contributed by atoms with Crippen molar-refractivity contribution in [3.05, 3.63) is 35.4 Å². The molecule has 3 unspecified atom stereocenters. The highest BCUT2D eigenvalue weighted by atomic mass is 16.4. The molecule has 0 heterocycles. The summed E-state index contributed by atoms with van der Waals surface area (Å²) in [6.07, 6.45) is 6.64. The fourth-order valence-electron chi connectivity index (χ4n) is 3.32. The van der Waals surface area contributed by atoms with E-state index in [0.29, 0.717) is 5.56 Å². The average Bonchev–Trinajstić information content (AvgIpc) is 2.65. The second-order valence-corrected chi connectivity index (χ2v) is 7.58. The van der Waals surface area contributed by atoms with E-state index in [0.717, 1.165) is 12.8 Å². The van der Waals surface area contributed by atoms with Gasteiger partial charge in [-0.05, 0) is 37.3 Å². The zero-order chi connectivity index (χ0) is 20.3. The molecule has 5 heteroatoms. The van der Waals surface area contributed by atoms with Gasteiger partial charge in [0.05, 0.1) is 6.10 Å². The van der Waals surface area contributed by atoms with Crippen LogP contribution in [0.3, 0.4) is 0 Å². The zero-order valence-electron chi connectivity index (χ0n) is 16.7. The van der Waals surface area contributed by atoms with Crippen LogP contribution in [0.1, 0.15) is 88.9 Å². The maximum absolute atomic E-state index is 10.8. The number of aliphatic hydroxyl groups excluding tert-OH is 2. The minimum absolute atomic E-state index is 0.221. The summed E-state index contributed by atoms with van der Waals surface area (Å²) in [5, 5.41) is 39.9. The molecule has 0 amide bonds. The molecule has 0 bridgehead atoms. The van der Waals surface area contributed by atoms with Crippen molar-refractivity contribution in [3.8, 4) is 0 Å². The third-order valence-corrected chi connectivity index (χ3v) is 5.30. The average molecular weight is 381 g/mol. The summed E-state index contributed by atoms with van der Waals surface area (Å²) in [5.74, 6) is -1.08. The molecule has 0 aliphatic carbocycles. The third kappa shape index (κ3) is 7.99. The van der Waals surface area contributed by atoms with E-state index in [1.165, 1.54) is 51.0 Å². The molecule has 1 aromatic carbocycles. The van der Waals surface area contributed by atoms with Crippen molar-refractivity contribution >= 4 is 5.97 Å². The lowest BCUT2D eigenvalue weighted by Crippen LogP contribution is -2.46. The Hall–Kier alpha value is -1.43. The van der Waals surface area contributed by atoms with Crippen molar-refractivity contribution in [1.82, 2.24) is 0 Å². The SMILES string of the molecule is CCCCCCCCCc1ccc(C(O)C(O)(CCC(=O)O)C(C)O)cc1. The molecule has 0 aromatic heterocycles. The van der Waals surface area contributed by atoms with E-state index < -0.39 is 23.8 Å². The molecule has 3 atom stereocenters. The molecule has 0 radical (unpaired) electrons. The van der Waals surface area contributed by atoms with Gasteiger partial charge in [-0.15, -0.1) is 0 Å². The van der Waals surface area contributed by atoms with Crippen LogP contribution in [-0.4, -0.2) is 38.1 Å². The van der Waals surface area contributed by atoms with E-state index in [9.17, 15) is 20.1 Å². The van der Waals surface area contributed by atoms with Crippen LogP contribution in [0.5, 0.6) is 0 Å². The van der Waals surface area contributed by atoms with E-state index in [4.69, 9.17) is 5.11 Å². The van der Waals surface area contributed by atoms with E-state index >= 15 is 0 Å². The highest BCUT2D eigenvalue weighted by molar-refractivity contribution is 5.66. The van der Waals surface area contributed by atoms with Crippen LogP contribution in [0.25, 0.3) is 0 Å². The topological polar surface area (TPSA) is 98.0 Å². The van der Waals surface area contributed by atoms with E-state index in [2.05, 4.69) is 6.92 Å². The van der Waals surface area contributed by atoms with Gasteiger partial charge in [0.2, 0.25) is 0 Å². The van der Waals surface area contributed by atoms with Crippen LogP contribution >= 0.6 is 0 Å². The maximum Gasteiger partial charge on any atom is 0.303 e. The standard InChI is InChI=1S/C22H36O5/c1-3-4-5-6-7-8-9-10-18-11-13-19(14-12-18)21(26)22(27,17(2)23)16-15-20(24)25/h11-14,17,21,23,26-27H,3-10,15-16H2,1-2H3,(H,24,25). The molecule has 0 saturated heterocycles. The third-order valence-electron chi connectivity index (χ3n) is 5.30. The second kappa shape index (κ2) is 12.1. The van der Waals surface area contributed by atoms with Crippen LogP contribution in [0.2, 0.25) is 0 Å². The Bertz CT molecular complexity index is 540. The zero-order valence-corrected chi connectivity index (χ0v) is 16.7. The van der Waals surface area contributed by atoms with Gasteiger partial charge in [0.25, 0.3) is 0 Å². The summed E-state index contributed by atoms with van der Waals surface area (Å²) in [4.78, 5) is 10.8. The minimum Gasteiger partial charge on any atom is -0.481 e. The molecule has 0 aliphatic rings. The number of carboxylic acid groups (broad SMARTS) is 1. The first-order chi connectivity index (χ1) is 12.8. The molecule has 1 aromatic rings. The summed E-state index contributed by atoms with van der Waals surface area (Å²) >= 11 is 0. The first kappa shape index (κ1) is 23.6. The second-order valence-electron chi connectivity index (χ2n) is 7.58. The number of aliphatic carboxylic acids is 1. The lowest BCUT2D eigenvalue weighted by Gasteiger charge is -2.35. The first-order valence-corrected chi connectivity index (χ1v) is 10.2. The van der Waals surface area contributed by atoms with Crippen LogP contribution in [0.4, 0.5) is 0 Å². The number of hydrogen-bond acceptors (Lipinski definition) is 4. The predicted octanol–water partition coefficient (Wildman–Crippen LogP) is 3.99. The quantitative estimate of drug-likeness (QED) is 0.366. The van der Waals surface area contributed by atoms with Crippen molar-refractivity contribution in [2.45, 2.75) is 95.9 Å². The Morgan fingerprint density at radius 3 is 2.07 bits per heavy atom. The predicted molar refractivity (Wildman–Crippen MR) is 107 cm³/mol. The van der Waals surface area contributed by atoms with Gasteiger partial charge in [-0.3, -0.25) is 4.79 Å². The van der Waals surface area contributed by atoms with Crippen LogP contribution in [0, 0.1) is 0 Å². The Balaban J connectivity index is 2.56. The molecule has 5 nitrogen and oxygen atoms in total. The Kier molecular flexibility index (Phi) is 10.6. The van der Waals surface area contributed by atoms with E-state index in [1.807, 2.05) is 12.1 Å². The fraction of sp³-hybridized carbons (Fsp3) is 0.682. The highest BCUT2D eigenvalue weighted by Gasteiger charge is 2.41. The molecule has 0 aliphatic heterocycles. The van der Waals surface area contributed by atoms with Gasteiger partial charge < -0.3 is 20.4 Å². The molecule has 0 fully saturated rings. The molecule has 0 spiro atoms. The van der Waals surface area contributed by atoms with Crippen molar-refractivity contribution in [2.75, 3.05) is 0 Å². The summed E-state index contributed by atoms with van der Waals surface area (Å²) in [5.41, 5.74) is -0.240. The molecule has 27 heavy (non-hydrogen) atoms. The van der Waals surface area contributed by atoms with Gasteiger partial charge >= 0.3 is 5.97 Å². The Morgan fingerprint density at radius 1 is 1.00 bits per heavy atom. The Morgan fingerprint density at radius 2 is 1.56 bits per heavy atom. The number of carboxylic acids is 1.